The van der Waals surface area contributed by atoms with E-state index in [0.29, 0.717) is 69.8 Å². The van der Waals surface area contributed by atoms with Crippen molar-refractivity contribution >= 4 is 52.9 Å². The molecular formula is C32H49ClN4O7S. The molecule has 2 aromatic rings. The van der Waals surface area contributed by atoms with Crippen LogP contribution >= 0.6 is 24.6 Å². The lowest BCUT2D eigenvalue weighted by Gasteiger charge is -2.19. The van der Waals surface area contributed by atoms with Crippen molar-refractivity contribution in [1.29, 1.82) is 0 Å². The molecule has 0 bridgehead atoms. The van der Waals surface area contributed by atoms with E-state index in [4.69, 9.17) is 35.9 Å². The second-order valence-electron chi connectivity index (χ2n) is 11.2. The second kappa shape index (κ2) is 22.8. The number of carbonyl (C=O) groups is 2. The molecule has 0 fully saturated rings. The van der Waals surface area contributed by atoms with Crippen LogP contribution in [0.15, 0.2) is 48.5 Å². The monoisotopic (exact) mass is 668 g/mol. The Morgan fingerprint density at radius 1 is 0.689 bits per heavy atom. The highest BCUT2D eigenvalue weighted by Gasteiger charge is 2.15. The number of amides is 2. The van der Waals surface area contributed by atoms with Crippen molar-refractivity contribution in [2.45, 2.75) is 26.2 Å². The highest BCUT2D eigenvalue weighted by atomic mass is 35.5. The molecule has 2 rings (SSSR count). The van der Waals surface area contributed by atoms with E-state index in [2.05, 4.69) is 41.6 Å². The summed E-state index contributed by atoms with van der Waals surface area (Å²) < 4.78 is 27.1. The highest BCUT2D eigenvalue weighted by Crippen LogP contribution is 2.22. The summed E-state index contributed by atoms with van der Waals surface area (Å²) in [6, 6.07) is 14.4. The fourth-order valence-electron chi connectivity index (χ4n) is 3.58. The van der Waals surface area contributed by atoms with Crippen LogP contribution in [-0.2, 0) is 33.9 Å². The van der Waals surface area contributed by atoms with Crippen molar-refractivity contribution in [3.8, 4) is 0 Å². The smallest absolute Gasteiger partial charge is 0.257 e. The molecule has 0 spiro atoms. The molecule has 0 aliphatic carbocycles. The first-order valence-electron chi connectivity index (χ1n) is 14.7. The van der Waals surface area contributed by atoms with Gasteiger partial charge in [-0.15, -0.1) is 12.4 Å². The molecular weight excluding hydrogens is 620 g/mol. The summed E-state index contributed by atoms with van der Waals surface area (Å²) in [5.41, 5.74) is 2.95. The predicted octanol–water partition coefficient (Wildman–Crippen LogP) is 4.12. The molecule has 0 atom stereocenters. The van der Waals surface area contributed by atoms with Gasteiger partial charge in [0.2, 0.25) is 5.91 Å². The molecule has 0 aliphatic heterocycles. The fraction of sp³-hybridized carbons (Fsp3) is 0.531. The number of nitrogens with zero attached hydrogens (tertiary/aromatic N) is 1. The minimum Gasteiger partial charge on any atom is -0.378 e. The standard InChI is InChI=1S/C32H48N4O7S.ClH/c1-32(2,3)26-8-6-25(7-9-26)30(38)35-31(44)34-28-12-10-27(11-13-28)33-29(37)24-43-23-22-42-21-20-41-19-18-40-17-16-39-15-14-36(4)5;/h6-13H,14-24H2,1-5H3,(H,33,37)(H2,34,35,38,44);1H. The van der Waals surface area contributed by atoms with E-state index in [1.54, 1.807) is 36.4 Å². The zero-order valence-corrected chi connectivity index (χ0v) is 28.7. The Bertz CT molecular complexity index is 1130. The molecule has 13 heteroatoms. The maximum atomic E-state index is 12.5. The first-order valence-corrected chi connectivity index (χ1v) is 15.1. The summed E-state index contributed by atoms with van der Waals surface area (Å²) in [6.07, 6.45) is 0. The van der Waals surface area contributed by atoms with Gasteiger partial charge in [-0.05, 0) is 73.7 Å². The van der Waals surface area contributed by atoms with Gasteiger partial charge in [-0.2, -0.15) is 0 Å². The molecule has 2 aromatic carbocycles. The molecule has 3 N–H and O–H groups in total. The third kappa shape index (κ3) is 18.8. The number of carbonyl (C=O) groups excluding carboxylic acids is 2. The lowest BCUT2D eigenvalue weighted by molar-refractivity contribution is -0.121. The van der Waals surface area contributed by atoms with Gasteiger partial charge in [0.25, 0.3) is 5.91 Å². The van der Waals surface area contributed by atoms with E-state index in [9.17, 15) is 9.59 Å². The number of thiocarbonyl (C=S) groups is 1. The third-order valence-electron chi connectivity index (χ3n) is 6.07. The topological polar surface area (TPSA) is 120 Å². The Hall–Kier alpha value is -2.68. The van der Waals surface area contributed by atoms with Crippen molar-refractivity contribution in [3.05, 3.63) is 59.7 Å². The van der Waals surface area contributed by atoms with Gasteiger partial charge in [0, 0.05) is 23.5 Å². The van der Waals surface area contributed by atoms with Crippen molar-refractivity contribution in [2.75, 3.05) is 97.3 Å². The molecule has 0 saturated carbocycles. The number of nitrogens with one attached hydrogen (secondary N) is 3. The largest absolute Gasteiger partial charge is 0.378 e. The number of likely N-dealkylation sites (N-methyl/N-ethyl adjacent to an activating group) is 1. The minimum atomic E-state index is -0.292. The number of benzene rings is 2. The molecule has 45 heavy (non-hydrogen) atoms. The first kappa shape index (κ1) is 40.3. The third-order valence-corrected chi connectivity index (χ3v) is 6.27. The van der Waals surface area contributed by atoms with Crippen LogP contribution in [0.25, 0.3) is 0 Å². The van der Waals surface area contributed by atoms with Crippen LogP contribution in [0, 0.1) is 0 Å². The van der Waals surface area contributed by atoms with Crippen LogP contribution in [-0.4, -0.2) is 109 Å². The van der Waals surface area contributed by atoms with E-state index >= 15 is 0 Å². The number of anilines is 2. The van der Waals surface area contributed by atoms with E-state index in [1.165, 1.54) is 0 Å². The van der Waals surface area contributed by atoms with Gasteiger partial charge >= 0.3 is 0 Å². The number of ether oxygens (including phenoxy) is 5. The SMILES string of the molecule is CN(C)CCOCCOCCOCCOCCOCC(=O)Nc1ccc(NC(=S)NC(=O)c2ccc(C(C)(C)C)cc2)cc1.Cl. The Morgan fingerprint density at radius 2 is 1.13 bits per heavy atom. The molecule has 0 radical (unpaired) electrons. The summed E-state index contributed by atoms with van der Waals surface area (Å²) in [7, 11) is 4.01. The van der Waals surface area contributed by atoms with Crippen molar-refractivity contribution < 1.29 is 33.3 Å². The zero-order valence-electron chi connectivity index (χ0n) is 27.0. The Balaban J connectivity index is 0.0000101. The summed E-state index contributed by atoms with van der Waals surface area (Å²) in [6.45, 7) is 11.5. The lowest BCUT2D eigenvalue weighted by Crippen LogP contribution is -2.34. The molecule has 0 aromatic heterocycles. The van der Waals surface area contributed by atoms with Crippen molar-refractivity contribution in [1.82, 2.24) is 10.2 Å². The zero-order chi connectivity index (χ0) is 32.2. The van der Waals surface area contributed by atoms with Gasteiger partial charge in [0.05, 0.1) is 59.5 Å². The van der Waals surface area contributed by atoms with Crippen LogP contribution in [0.1, 0.15) is 36.7 Å². The van der Waals surface area contributed by atoms with E-state index in [0.717, 1.165) is 12.1 Å². The molecule has 2 amide bonds. The number of hydrogen-bond donors (Lipinski definition) is 3. The summed E-state index contributed by atoms with van der Waals surface area (Å²) in [5, 5.41) is 8.60. The Morgan fingerprint density at radius 3 is 1.60 bits per heavy atom. The molecule has 0 unspecified atom stereocenters. The quantitative estimate of drug-likeness (QED) is 0.140. The number of hydrogen-bond acceptors (Lipinski definition) is 9. The maximum Gasteiger partial charge on any atom is 0.257 e. The van der Waals surface area contributed by atoms with Gasteiger partial charge in [-0.1, -0.05) is 32.9 Å². The van der Waals surface area contributed by atoms with E-state index in [-0.39, 0.29) is 48.0 Å². The second-order valence-corrected chi connectivity index (χ2v) is 11.6. The Kier molecular flexibility index (Phi) is 20.4. The molecule has 0 saturated heterocycles. The number of rotatable bonds is 20. The normalized spacial score (nSPS) is 11.2. The van der Waals surface area contributed by atoms with Gasteiger partial charge < -0.3 is 39.2 Å². The van der Waals surface area contributed by atoms with Crippen molar-refractivity contribution in [3.63, 3.8) is 0 Å². The molecule has 252 valence electrons. The Labute approximate surface area is 279 Å². The van der Waals surface area contributed by atoms with E-state index in [1.807, 2.05) is 26.2 Å². The van der Waals surface area contributed by atoms with Crippen molar-refractivity contribution in [2.24, 2.45) is 0 Å². The van der Waals surface area contributed by atoms with Gasteiger partial charge in [0.15, 0.2) is 5.11 Å². The minimum absolute atomic E-state index is 0. The van der Waals surface area contributed by atoms with E-state index < -0.39 is 0 Å². The van der Waals surface area contributed by atoms with Gasteiger partial charge in [-0.25, -0.2) is 0 Å². The van der Waals surface area contributed by atoms with Crippen LogP contribution in [0.4, 0.5) is 11.4 Å². The summed E-state index contributed by atoms with van der Waals surface area (Å²) >= 11 is 5.28. The lowest BCUT2D eigenvalue weighted by atomic mass is 9.87. The van der Waals surface area contributed by atoms with Crippen LogP contribution in [0.2, 0.25) is 0 Å². The maximum absolute atomic E-state index is 12.5. The molecule has 11 nitrogen and oxygen atoms in total. The molecule has 0 heterocycles. The number of halogens is 1. The van der Waals surface area contributed by atoms with Crippen LogP contribution < -0.4 is 16.0 Å². The molecule has 0 aliphatic rings. The predicted molar refractivity (Wildman–Crippen MR) is 184 cm³/mol. The summed E-state index contributed by atoms with van der Waals surface area (Å²) in [5.74, 6) is -0.572. The van der Waals surface area contributed by atoms with Crippen LogP contribution in [0.5, 0.6) is 0 Å². The summed E-state index contributed by atoms with van der Waals surface area (Å²) in [4.78, 5) is 26.8. The average molecular weight is 669 g/mol. The average Bonchev–Trinajstić information content (AvgIpc) is 2.97. The fourth-order valence-corrected chi connectivity index (χ4v) is 3.80. The first-order chi connectivity index (χ1) is 21.0. The van der Waals surface area contributed by atoms with Gasteiger partial charge in [0.1, 0.15) is 6.61 Å². The van der Waals surface area contributed by atoms with Crippen LogP contribution in [0.3, 0.4) is 0 Å². The van der Waals surface area contributed by atoms with Gasteiger partial charge in [-0.3, -0.25) is 14.9 Å². The highest BCUT2D eigenvalue weighted by molar-refractivity contribution is 7.80.